The number of nitrogens with zero attached hydrogens (tertiary/aromatic N) is 2. The van der Waals surface area contributed by atoms with Crippen molar-refractivity contribution in [2.75, 3.05) is 13.2 Å². The van der Waals surface area contributed by atoms with E-state index in [4.69, 9.17) is 9.52 Å². The van der Waals surface area contributed by atoms with E-state index in [1.165, 1.54) is 11.3 Å². The second-order valence-electron chi connectivity index (χ2n) is 4.85. The SMILES string of the molecule is Cc1sc(-c2ccco2)nc1C(=O)N(CCO)C1CC1. The lowest BCUT2D eigenvalue weighted by Gasteiger charge is -2.20. The Labute approximate surface area is 120 Å². The van der Waals surface area contributed by atoms with Gasteiger partial charge in [-0.1, -0.05) is 0 Å². The molecule has 0 aliphatic heterocycles. The third kappa shape index (κ3) is 2.48. The quantitative estimate of drug-likeness (QED) is 0.918. The summed E-state index contributed by atoms with van der Waals surface area (Å²) in [4.78, 5) is 19.6. The number of carbonyl (C=O) groups excluding carboxylic acids is 1. The first-order valence-electron chi connectivity index (χ1n) is 6.64. The van der Waals surface area contributed by atoms with Gasteiger partial charge < -0.3 is 14.4 Å². The van der Waals surface area contributed by atoms with E-state index in [0.29, 0.717) is 18.0 Å². The van der Waals surface area contributed by atoms with Crippen LogP contribution in [0.4, 0.5) is 0 Å². The van der Waals surface area contributed by atoms with Crippen LogP contribution < -0.4 is 0 Å². The van der Waals surface area contributed by atoms with Crippen LogP contribution in [0.15, 0.2) is 22.8 Å². The fourth-order valence-corrected chi connectivity index (χ4v) is 3.05. The van der Waals surface area contributed by atoms with Gasteiger partial charge in [-0.05, 0) is 31.9 Å². The summed E-state index contributed by atoms with van der Waals surface area (Å²) in [5.41, 5.74) is 0.474. The number of carbonyl (C=O) groups is 1. The molecule has 1 amide bonds. The van der Waals surface area contributed by atoms with Crippen LogP contribution in [0.25, 0.3) is 10.8 Å². The highest BCUT2D eigenvalue weighted by Gasteiger charge is 2.34. The van der Waals surface area contributed by atoms with E-state index < -0.39 is 0 Å². The number of thiazole rings is 1. The monoisotopic (exact) mass is 292 g/mol. The zero-order valence-electron chi connectivity index (χ0n) is 11.2. The fraction of sp³-hybridized carbons (Fsp3) is 0.429. The first-order chi connectivity index (χ1) is 9.70. The predicted octanol–water partition coefficient (Wildman–Crippen LogP) is 2.31. The number of amides is 1. The van der Waals surface area contributed by atoms with Gasteiger partial charge in [-0.3, -0.25) is 4.79 Å². The first-order valence-corrected chi connectivity index (χ1v) is 7.45. The molecule has 20 heavy (non-hydrogen) atoms. The lowest BCUT2D eigenvalue weighted by Crippen LogP contribution is -2.36. The number of aromatic nitrogens is 1. The summed E-state index contributed by atoms with van der Waals surface area (Å²) in [5.74, 6) is 0.588. The lowest BCUT2D eigenvalue weighted by atomic mass is 10.3. The first kappa shape index (κ1) is 13.3. The Kier molecular flexibility index (Phi) is 3.58. The van der Waals surface area contributed by atoms with E-state index in [9.17, 15) is 4.79 Å². The Bertz CT molecular complexity index is 602. The number of rotatable bonds is 5. The molecular weight excluding hydrogens is 276 g/mol. The maximum Gasteiger partial charge on any atom is 0.273 e. The van der Waals surface area contributed by atoms with E-state index in [1.54, 1.807) is 17.2 Å². The average molecular weight is 292 g/mol. The molecule has 0 bridgehead atoms. The molecule has 6 heteroatoms. The topological polar surface area (TPSA) is 66.6 Å². The highest BCUT2D eigenvalue weighted by atomic mass is 32.1. The molecule has 106 valence electrons. The molecule has 0 atom stereocenters. The van der Waals surface area contributed by atoms with Crippen LogP contribution in [0, 0.1) is 6.92 Å². The number of hydrogen-bond donors (Lipinski definition) is 1. The van der Waals surface area contributed by atoms with E-state index >= 15 is 0 Å². The summed E-state index contributed by atoms with van der Waals surface area (Å²) in [6.07, 6.45) is 3.62. The van der Waals surface area contributed by atoms with Crippen LogP contribution in [-0.2, 0) is 0 Å². The number of aliphatic hydroxyl groups excluding tert-OH is 1. The fourth-order valence-electron chi connectivity index (χ4n) is 2.18. The molecular formula is C14H16N2O3S. The third-order valence-electron chi connectivity index (χ3n) is 3.32. The van der Waals surface area contributed by atoms with Gasteiger partial charge in [-0.2, -0.15) is 0 Å². The molecule has 1 aliphatic rings. The summed E-state index contributed by atoms with van der Waals surface area (Å²) < 4.78 is 5.32. The molecule has 1 fully saturated rings. The number of aliphatic hydroxyl groups is 1. The van der Waals surface area contributed by atoms with Gasteiger partial charge in [-0.25, -0.2) is 4.98 Å². The minimum atomic E-state index is -0.0897. The summed E-state index contributed by atoms with van der Waals surface area (Å²) in [5, 5.41) is 9.83. The molecule has 2 aromatic heterocycles. The van der Waals surface area contributed by atoms with Gasteiger partial charge in [0.25, 0.3) is 5.91 Å². The Hall–Kier alpha value is -1.66. The van der Waals surface area contributed by atoms with E-state index in [2.05, 4.69) is 4.98 Å². The molecule has 0 radical (unpaired) electrons. The number of hydrogen-bond acceptors (Lipinski definition) is 5. The average Bonchev–Trinajstić information content (AvgIpc) is 2.98. The van der Waals surface area contributed by atoms with Crippen molar-refractivity contribution < 1.29 is 14.3 Å². The van der Waals surface area contributed by atoms with Crippen molar-refractivity contribution in [2.45, 2.75) is 25.8 Å². The molecule has 1 aliphatic carbocycles. The van der Waals surface area contributed by atoms with Crippen LogP contribution in [0.1, 0.15) is 28.2 Å². The van der Waals surface area contributed by atoms with Gasteiger partial charge >= 0.3 is 0 Å². The normalized spacial score (nSPS) is 14.5. The van der Waals surface area contributed by atoms with Gasteiger partial charge in [-0.15, -0.1) is 11.3 Å². The Balaban J connectivity index is 1.87. The van der Waals surface area contributed by atoms with Gasteiger partial charge in [0.1, 0.15) is 5.69 Å². The molecule has 0 unspecified atom stereocenters. The van der Waals surface area contributed by atoms with Gasteiger partial charge in [0, 0.05) is 17.5 Å². The molecule has 3 rings (SSSR count). The second kappa shape index (κ2) is 5.38. The molecule has 2 aromatic rings. The maximum absolute atomic E-state index is 12.5. The number of furan rings is 1. The van der Waals surface area contributed by atoms with Crippen molar-refractivity contribution in [3.63, 3.8) is 0 Å². The summed E-state index contributed by atoms with van der Waals surface area (Å²) >= 11 is 1.45. The van der Waals surface area contributed by atoms with Crippen LogP contribution in [0.5, 0.6) is 0 Å². The maximum atomic E-state index is 12.5. The van der Waals surface area contributed by atoms with Crippen molar-refractivity contribution >= 4 is 17.2 Å². The molecule has 0 aromatic carbocycles. The van der Waals surface area contributed by atoms with E-state index in [-0.39, 0.29) is 18.6 Å². The van der Waals surface area contributed by atoms with Crippen molar-refractivity contribution in [1.82, 2.24) is 9.88 Å². The zero-order chi connectivity index (χ0) is 14.1. The summed E-state index contributed by atoms with van der Waals surface area (Å²) in [6, 6.07) is 3.90. The summed E-state index contributed by atoms with van der Waals surface area (Å²) in [7, 11) is 0. The number of aryl methyl sites for hydroxylation is 1. The van der Waals surface area contributed by atoms with E-state index in [0.717, 1.165) is 22.7 Å². The van der Waals surface area contributed by atoms with Crippen LogP contribution in [0.2, 0.25) is 0 Å². The predicted molar refractivity (Wildman–Crippen MR) is 75.7 cm³/mol. The Morgan fingerprint density at radius 3 is 3.00 bits per heavy atom. The molecule has 0 spiro atoms. The van der Waals surface area contributed by atoms with Crippen molar-refractivity contribution in [3.8, 4) is 10.8 Å². The van der Waals surface area contributed by atoms with Crippen molar-refractivity contribution in [1.29, 1.82) is 0 Å². The largest absolute Gasteiger partial charge is 0.462 e. The second-order valence-corrected chi connectivity index (χ2v) is 6.06. The zero-order valence-corrected chi connectivity index (χ0v) is 12.0. The summed E-state index contributed by atoms with van der Waals surface area (Å²) in [6.45, 7) is 2.24. The minimum Gasteiger partial charge on any atom is -0.462 e. The molecule has 5 nitrogen and oxygen atoms in total. The highest BCUT2D eigenvalue weighted by molar-refractivity contribution is 7.15. The lowest BCUT2D eigenvalue weighted by molar-refractivity contribution is 0.0702. The smallest absolute Gasteiger partial charge is 0.273 e. The van der Waals surface area contributed by atoms with Gasteiger partial charge in [0.2, 0.25) is 0 Å². The van der Waals surface area contributed by atoms with Crippen LogP contribution >= 0.6 is 11.3 Å². The highest BCUT2D eigenvalue weighted by Crippen LogP contribution is 2.32. The van der Waals surface area contributed by atoms with Crippen molar-refractivity contribution in [2.24, 2.45) is 0 Å². The standard InChI is InChI=1S/C14H16N2O3S/c1-9-12(14(18)16(6-7-17)10-4-5-10)15-13(20-9)11-3-2-8-19-11/h2-3,8,10,17H,4-7H2,1H3. The van der Waals surface area contributed by atoms with E-state index in [1.807, 2.05) is 13.0 Å². The van der Waals surface area contributed by atoms with Gasteiger partial charge in [0.05, 0.1) is 12.9 Å². The molecule has 1 saturated carbocycles. The van der Waals surface area contributed by atoms with Crippen LogP contribution in [0.3, 0.4) is 0 Å². The minimum absolute atomic E-state index is 0.0174. The van der Waals surface area contributed by atoms with Crippen LogP contribution in [-0.4, -0.2) is 40.1 Å². The van der Waals surface area contributed by atoms with Crippen molar-refractivity contribution in [3.05, 3.63) is 29.0 Å². The molecule has 2 heterocycles. The molecule has 0 saturated heterocycles. The third-order valence-corrected chi connectivity index (χ3v) is 4.31. The molecule has 1 N–H and O–H groups in total. The van der Waals surface area contributed by atoms with Gasteiger partial charge in [0.15, 0.2) is 10.8 Å². The Morgan fingerprint density at radius 1 is 1.60 bits per heavy atom. The Morgan fingerprint density at radius 2 is 2.40 bits per heavy atom.